The number of hydrogen-bond donors (Lipinski definition) is 0. The number of allylic oxidation sites excluding steroid dienone is 2. The van der Waals surface area contributed by atoms with Crippen LogP contribution in [0.5, 0.6) is 0 Å². The van der Waals surface area contributed by atoms with Gasteiger partial charge in [-0.15, -0.1) is 11.3 Å². The highest BCUT2D eigenvalue weighted by Crippen LogP contribution is 2.28. The Morgan fingerprint density at radius 3 is 2.41 bits per heavy atom. The standard InChI is InChI=1S/C24H36N2O2S/c1-2-3-4-5-6-9-12-15-21(16-13-10-7-8-11-14-18-27)23-26-20-22(28-23)24-25-17-19-29-24/h15,17-20H,2-14,16H2,1H3/b21-15+. The first-order valence-electron chi connectivity index (χ1n) is 11.3. The summed E-state index contributed by atoms with van der Waals surface area (Å²) in [5.41, 5.74) is 1.23. The van der Waals surface area contributed by atoms with Gasteiger partial charge in [0.05, 0.1) is 6.20 Å². The summed E-state index contributed by atoms with van der Waals surface area (Å²) in [6.07, 6.45) is 23.3. The van der Waals surface area contributed by atoms with Crippen molar-refractivity contribution < 1.29 is 9.21 Å². The molecule has 0 amide bonds. The molecule has 2 aromatic rings. The van der Waals surface area contributed by atoms with Gasteiger partial charge in [-0.05, 0) is 32.1 Å². The number of hydrogen-bond acceptors (Lipinski definition) is 5. The number of thiazole rings is 1. The van der Waals surface area contributed by atoms with Crippen molar-refractivity contribution in [3.8, 4) is 10.8 Å². The number of nitrogens with zero attached hydrogens (tertiary/aromatic N) is 2. The largest absolute Gasteiger partial charge is 0.434 e. The quantitative estimate of drug-likeness (QED) is 0.194. The first-order chi connectivity index (χ1) is 14.3. The second kappa shape index (κ2) is 15.1. The molecular formula is C24H36N2O2S. The molecule has 0 aliphatic carbocycles. The summed E-state index contributed by atoms with van der Waals surface area (Å²) in [7, 11) is 0. The van der Waals surface area contributed by atoms with Crippen molar-refractivity contribution in [2.75, 3.05) is 0 Å². The molecule has 5 heteroatoms. The van der Waals surface area contributed by atoms with E-state index in [2.05, 4.69) is 23.0 Å². The van der Waals surface area contributed by atoms with Gasteiger partial charge in [-0.3, -0.25) is 0 Å². The molecule has 0 saturated heterocycles. The molecular weight excluding hydrogens is 380 g/mol. The highest BCUT2D eigenvalue weighted by atomic mass is 32.1. The second-order valence-electron chi connectivity index (χ2n) is 7.63. The summed E-state index contributed by atoms with van der Waals surface area (Å²) in [6, 6.07) is 0. The summed E-state index contributed by atoms with van der Waals surface area (Å²) >= 11 is 1.57. The maximum absolute atomic E-state index is 10.4. The number of unbranched alkanes of at least 4 members (excludes halogenated alkanes) is 11. The molecule has 0 radical (unpaired) electrons. The molecule has 160 valence electrons. The number of aldehydes is 1. The molecule has 0 saturated carbocycles. The monoisotopic (exact) mass is 416 g/mol. The number of aromatic nitrogens is 2. The molecule has 0 aliphatic heterocycles. The third-order valence-electron chi connectivity index (χ3n) is 5.14. The fourth-order valence-electron chi connectivity index (χ4n) is 3.44. The third-order valence-corrected chi connectivity index (χ3v) is 5.93. The van der Waals surface area contributed by atoms with Crippen LogP contribution in [0.15, 0.2) is 28.3 Å². The van der Waals surface area contributed by atoms with Crippen molar-refractivity contribution >= 4 is 23.2 Å². The van der Waals surface area contributed by atoms with Gasteiger partial charge in [-0.25, -0.2) is 9.97 Å². The Kier molecular flexibility index (Phi) is 12.3. The highest BCUT2D eigenvalue weighted by molar-refractivity contribution is 7.13. The molecule has 2 rings (SSSR count). The Morgan fingerprint density at radius 1 is 0.966 bits per heavy atom. The van der Waals surface area contributed by atoms with E-state index in [1.807, 2.05) is 5.38 Å². The Labute approximate surface area is 179 Å². The topological polar surface area (TPSA) is 56.0 Å². The molecule has 29 heavy (non-hydrogen) atoms. The molecule has 2 heterocycles. The van der Waals surface area contributed by atoms with Crippen molar-refractivity contribution in [1.29, 1.82) is 0 Å². The van der Waals surface area contributed by atoms with Crippen LogP contribution in [0.2, 0.25) is 0 Å². The van der Waals surface area contributed by atoms with Gasteiger partial charge >= 0.3 is 0 Å². The van der Waals surface area contributed by atoms with Crippen LogP contribution in [-0.2, 0) is 4.79 Å². The summed E-state index contributed by atoms with van der Waals surface area (Å²) in [5.74, 6) is 1.51. The molecule has 0 bridgehead atoms. The van der Waals surface area contributed by atoms with Crippen LogP contribution in [0, 0.1) is 0 Å². The smallest absolute Gasteiger partial charge is 0.222 e. The first kappa shape index (κ1) is 23.5. The summed E-state index contributed by atoms with van der Waals surface area (Å²) in [5, 5.41) is 2.84. The van der Waals surface area contributed by atoms with Gasteiger partial charge in [0.2, 0.25) is 5.89 Å². The maximum Gasteiger partial charge on any atom is 0.222 e. The fourth-order valence-corrected chi connectivity index (χ4v) is 4.02. The summed E-state index contributed by atoms with van der Waals surface area (Å²) in [4.78, 5) is 19.3. The fraction of sp³-hybridized carbons (Fsp3) is 0.625. The minimum atomic E-state index is 0.694. The average Bonchev–Trinajstić information content (AvgIpc) is 3.42. The summed E-state index contributed by atoms with van der Waals surface area (Å²) in [6.45, 7) is 2.26. The minimum Gasteiger partial charge on any atom is -0.434 e. The van der Waals surface area contributed by atoms with Crippen LogP contribution in [0.25, 0.3) is 16.3 Å². The second-order valence-corrected chi connectivity index (χ2v) is 8.52. The van der Waals surface area contributed by atoms with Crippen molar-refractivity contribution in [3.05, 3.63) is 29.7 Å². The van der Waals surface area contributed by atoms with Crippen molar-refractivity contribution in [2.24, 2.45) is 0 Å². The lowest BCUT2D eigenvalue weighted by molar-refractivity contribution is -0.107. The molecule has 0 spiro atoms. The van der Waals surface area contributed by atoms with E-state index in [9.17, 15) is 4.79 Å². The highest BCUT2D eigenvalue weighted by Gasteiger charge is 2.12. The van der Waals surface area contributed by atoms with Crippen LogP contribution in [-0.4, -0.2) is 16.3 Å². The molecule has 0 atom stereocenters. The number of carbonyl (C=O) groups excluding carboxylic acids is 1. The van der Waals surface area contributed by atoms with Gasteiger partial charge in [0, 0.05) is 23.6 Å². The lowest BCUT2D eigenvalue weighted by Gasteiger charge is -2.05. The van der Waals surface area contributed by atoms with E-state index in [0.717, 1.165) is 55.0 Å². The van der Waals surface area contributed by atoms with Crippen LogP contribution in [0.4, 0.5) is 0 Å². The molecule has 0 aromatic carbocycles. The molecule has 0 N–H and O–H groups in total. The minimum absolute atomic E-state index is 0.694. The Balaban J connectivity index is 1.85. The molecule has 0 fully saturated rings. The van der Waals surface area contributed by atoms with Crippen LogP contribution in [0.3, 0.4) is 0 Å². The predicted molar refractivity (Wildman–Crippen MR) is 122 cm³/mol. The van der Waals surface area contributed by atoms with Crippen molar-refractivity contribution in [2.45, 2.75) is 96.8 Å². The first-order valence-corrected chi connectivity index (χ1v) is 12.2. The zero-order valence-electron chi connectivity index (χ0n) is 17.9. The number of oxazole rings is 1. The van der Waals surface area contributed by atoms with Gasteiger partial charge in [0.25, 0.3) is 0 Å². The SMILES string of the molecule is CCCCCCCC/C=C(\CCCCCCCC=O)c1ncc(-c2nccs2)o1. The Morgan fingerprint density at radius 2 is 1.69 bits per heavy atom. The number of carbonyl (C=O) groups is 1. The molecule has 2 aromatic heterocycles. The Bertz CT molecular complexity index is 692. The lowest BCUT2D eigenvalue weighted by atomic mass is 10.0. The Hall–Kier alpha value is -1.75. The normalized spacial score (nSPS) is 11.8. The maximum atomic E-state index is 10.4. The van der Waals surface area contributed by atoms with E-state index in [4.69, 9.17) is 4.42 Å². The van der Waals surface area contributed by atoms with Gasteiger partial charge in [-0.1, -0.05) is 64.4 Å². The lowest BCUT2D eigenvalue weighted by Crippen LogP contribution is -1.88. The zero-order chi connectivity index (χ0) is 20.6. The van der Waals surface area contributed by atoms with Gasteiger partial charge in [-0.2, -0.15) is 0 Å². The van der Waals surface area contributed by atoms with Crippen molar-refractivity contribution in [3.63, 3.8) is 0 Å². The van der Waals surface area contributed by atoms with Gasteiger partial charge < -0.3 is 9.21 Å². The van der Waals surface area contributed by atoms with E-state index in [0.29, 0.717) is 6.42 Å². The number of rotatable bonds is 17. The summed E-state index contributed by atoms with van der Waals surface area (Å²) < 4.78 is 6.04. The predicted octanol–water partition coefficient (Wildman–Crippen LogP) is 7.86. The van der Waals surface area contributed by atoms with Crippen LogP contribution < -0.4 is 0 Å². The van der Waals surface area contributed by atoms with Gasteiger partial charge in [0.15, 0.2) is 10.8 Å². The zero-order valence-corrected chi connectivity index (χ0v) is 18.7. The van der Waals surface area contributed by atoms with E-state index < -0.39 is 0 Å². The van der Waals surface area contributed by atoms with Crippen molar-refractivity contribution in [1.82, 2.24) is 9.97 Å². The van der Waals surface area contributed by atoms with E-state index in [1.54, 1.807) is 23.7 Å². The van der Waals surface area contributed by atoms with E-state index in [1.165, 1.54) is 56.9 Å². The average molecular weight is 417 g/mol. The van der Waals surface area contributed by atoms with E-state index >= 15 is 0 Å². The molecule has 4 nitrogen and oxygen atoms in total. The third kappa shape index (κ3) is 9.53. The van der Waals surface area contributed by atoms with Gasteiger partial charge in [0.1, 0.15) is 6.29 Å². The molecule has 0 aliphatic rings. The van der Waals surface area contributed by atoms with Crippen LogP contribution in [0.1, 0.15) is 103 Å². The van der Waals surface area contributed by atoms with Crippen LogP contribution >= 0.6 is 11.3 Å². The molecule has 0 unspecified atom stereocenters. The van der Waals surface area contributed by atoms with E-state index in [-0.39, 0.29) is 0 Å².